The summed E-state index contributed by atoms with van der Waals surface area (Å²) in [4.78, 5) is 21.6. The van der Waals surface area contributed by atoms with Crippen LogP contribution in [0.1, 0.15) is 28.8 Å². The normalized spacial score (nSPS) is 15.5. The average molecular weight is 404 g/mol. The van der Waals surface area contributed by atoms with Gasteiger partial charge in [0.1, 0.15) is 0 Å². The summed E-state index contributed by atoms with van der Waals surface area (Å²) in [5, 5.41) is 5.89. The lowest BCUT2D eigenvalue weighted by Crippen LogP contribution is -2.45. The number of rotatable bonds is 3. The number of anilines is 1. The van der Waals surface area contributed by atoms with E-state index in [1.165, 1.54) is 0 Å². The number of nitrogens with zero attached hydrogens (tertiary/aromatic N) is 5. The Bertz CT molecular complexity index is 989. The molecule has 4 rings (SSSR count). The number of benzene rings is 1. The van der Waals surface area contributed by atoms with Gasteiger partial charge < -0.3 is 9.80 Å². The number of hydrogen-bond acceptors (Lipinski definition) is 5. The van der Waals surface area contributed by atoms with Crippen LogP contribution in [0.5, 0.6) is 0 Å². The molecule has 0 unspecified atom stereocenters. The van der Waals surface area contributed by atoms with Crippen LogP contribution in [0.2, 0.25) is 5.02 Å². The summed E-state index contributed by atoms with van der Waals surface area (Å²) in [6.45, 7) is 3.83. The number of hydrogen-bond donors (Lipinski definition) is 0. The quantitative estimate of drug-likeness (QED) is 0.668. The lowest BCUT2D eigenvalue weighted by molar-refractivity contribution is 0.0709. The van der Waals surface area contributed by atoms with E-state index in [1.54, 1.807) is 28.4 Å². The zero-order chi connectivity index (χ0) is 19.1. The maximum atomic E-state index is 12.6. The lowest BCUT2D eigenvalue weighted by atomic mass is 10.0. The number of carbonyl (C=O) groups excluding carboxylic acids is 1. The number of aromatic nitrogens is 3. The van der Waals surface area contributed by atoms with Gasteiger partial charge in [-0.1, -0.05) is 22.9 Å². The van der Waals surface area contributed by atoms with Crippen molar-refractivity contribution in [2.45, 2.75) is 25.8 Å². The highest BCUT2D eigenvalue weighted by Crippen LogP contribution is 2.34. The number of amides is 1. The van der Waals surface area contributed by atoms with Gasteiger partial charge in [-0.2, -0.15) is 5.10 Å². The molecule has 142 valence electrons. The predicted octanol–water partition coefficient (Wildman–Crippen LogP) is 3.73. The highest BCUT2D eigenvalue weighted by molar-refractivity contribution is 7.22. The molecule has 27 heavy (non-hydrogen) atoms. The second-order valence-electron chi connectivity index (χ2n) is 7.10. The molecule has 1 aliphatic rings. The van der Waals surface area contributed by atoms with Crippen molar-refractivity contribution in [1.29, 1.82) is 0 Å². The van der Waals surface area contributed by atoms with E-state index in [-0.39, 0.29) is 11.9 Å². The Morgan fingerprint density at radius 3 is 2.74 bits per heavy atom. The van der Waals surface area contributed by atoms with Gasteiger partial charge in [0.2, 0.25) is 0 Å². The Labute approximate surface area is 167 Å². The first-order chi connectivity index (χ1) is 12.9. The van der Waals surface area contributed by atoms with Crippen molar-refractivity contribution in [2.24, 2.45) is 7.05 Å². The van der Waals surface area contributed by atoms with E-state index in [9.17, 15) is 4.79 Å². The molecule has 3 aromatic rings. The van der Waals surface area contributed by atoms with E-state index in [0.717, 1.165) is 51.9 Å². The third-order valence-electron chi connectivity index (χ3n) is 5.19. The van der Waals surface area contributed by atoms with Gasteiger partial charge in [0.05, 0.1) is 22.0 Å². The van der Waals surface area contributed by atoms with Gasteiger partial charge in [0.25, 0.3) is 5.91 Å². The van der Waals surface area contributed by atoms with Gasteiger partial charge in [0, 0.05) is 44.4 Å². The van der Waals surface area contributed by atoms with E-state index in [2.05, 4.69) is 10.00 Å². The van der Waals surface area contributed by atoms with Crippen molar-refractivity contribution in [1.82, 2.24) is 19.7 Å². The molecule has 0 saturated carbocycles. The second kappa shape index (κ2) is 7.13. The first-order valence-electron chi connectivity index (χ1n) is 9.00. The van der Waals surface area contributed by atoms with Crippen molar-refractivity contribution in [3.05, 3.63) is 40.7 Å². The molecular weight excluding hydrogens is 382 g/mol. The van der Waals surface area contributed by atoms with Crippen LogP contribution in [0, 0.1) is 6.92 Å². The number of halogens is 1. The molecule has 6 nitrogen and oxygen atoms in total. The fraction of sp³-hybridized carbons (Fsp3) is 0.421. The molecule has 1 aromatic carbocycles. The van der Waals surface area contributed by atoms with Gasteiger partial charge in [-0.15, -0.1) is 0 Å². The van der Waals surface area contributed by atoms with Gasteiger partial charge in [0.15, 0.2) is 5.13 Å². The fourth-order valence-electron chi connectivity index (χ4n) is 3.62. The molecule has 1 amide bonds. The first-order valence-corrected chi connectivity index (χ1v) is 10.2. The van der Waals surface area contributed by atoms with Crippen LogP contribution in [0.4, 0.5) is 5.13 Å². The van der Waals surface area contributed by atoms with Crippen LogP contribution >= 0.6 is 22.9 Å². The predicted molar refractivity (Wildman–Crippen MR) is 110 cm³/mol. The Balaban J connectivity index is 1.44. The Morgan fingerprint density at radius 1 is 1.33 bits per heavy atom. The number of fused-ring (bicyclic) bond motifs is 1. The summed E-state index contributed by atoms with van der Waals surface area (Å²) >= 11 is 7.86. The third kappa shape index (κ3) is 3.53. The molecular formula is C19H22ClN5OS. The minimum Gasteiger partial charge on any atom is -0.348 e. The van der Waals surface area contributed by atoms with Crippen LogP contribution in [-0.2, 0) is 7.05 Å². The van der Waals surface area contributed by atoms with Crippen LogP contribution in [0.25, 0.3) is 10.2 Å². The maximum Gasteiger partial charge on any atom is 0.257 e. The molecule has 0 bridgehead atoms. The summed E-state index contributed by atoms with van der Waals surface area (Å²) < 4.78 is 2.78. The highest BCUT2D eigenvalue weighted by atomic mass is 35.5. The summed E-state index contributed by atoms with van der Waals surface area (Å²) in [7, 11) is 3.71. The van der Waals surface area contributed by atoms with Crippen molar-refractivity contribution in [2.75, 3.05) is 25.0 Å². The molecule has 1 fully saturated rings. The molecule has 3 heterocycles. The zero-order valence-corrected chi connectivity index (χ0v) is 17.2. The maximum absolute atomic E-state index is 12.6. The second-order valence-corrected chi connectivity index (χ2v) is 8.55. The molecule has 0 N–H and O–H groups in total. The minimum atomic E-state index is 0.0341. The SMILES string of the molecule is Cc1cc(Cl)cc2sc(N3CCC(N(C)C(=O)c4cnn(C)c4)CC3)nc12. The number of carbonyl (C=O) groups is 1. The molecule has 0 radical (unpaired) electrons. The van der Waals surface area contributed by atoms with Gasteiger partial charge in [-0.05, 0) is 37.5 Å². The Morgan fingerprint density at radius 2 is 2.07 bits per heavy atom. The molecule has 1 saturated heterocycles. The summed E-state index contributed by atoms with van der Waals surface area (Å²) in [6.07, 6.45) is 5.25. The summed E-state index contributed by atoms with van der Waals surface area (Å²) in [5.74, 6) is 0.0341. The monoisotopic (exact) mass is 403 g/mol. The van der Waals surface area contributed by atoms with Crippen molar-refractivity contribution < 1.29 is 4.79 Å². The van der Waals surface area contributed by atoms with Crippen molar-refractivity contribution in [3.8, 4) is 0 Å². The smallest absolute Gasteiger partial charge is 0.257 e. The number of piperidine rings is 1. The van der Waals surface area contributed by atoms with E-state index in [0.29, 0.717) is 5.56 Å². The third-order valence-corrected chi connectivity index (χ3v) is 6.48. The number of aryl methyl sites for hydroxylation is 2. The molecule has 0 spiro atoms. The average Bonchev–Trinajstić information content (AvgIpc) is 3.27. The largest absolute Gasteiger partial charge is 0.348 e. The molecule has 0 aliphatic carbocycles. The van der Waals surface area contributed by atoms with Crippen LogP contribution in [0.3, 0.4) is 0 Å². The van der Waals surface area contributed by atoms with Crippen molar-refractivity contribution >= 4 is 44.2 Å². The van der Waals surface area contributed by atoms with E-state index < -0.39 is 0 Å². The molecule has 0 atom stereocenters. The van der Waals surface area contributed by atoms with Crippen LogP contribution < -0.4 is 4.90 Å². The van der Waals surface area contributed by atoms with Crippen LogP contribution in [0.15, 0.2) is 24.5 Å². The minimum absolute atomic E-state index is 0.0341. The lowest BCUT2D eigenvalue weighted by Gasteiger charge is -2.36. The zero-order valence-electron chi connectivity index (χ0n) is 15.6. The summed E-state index contributed by atoms with van der Waals surface area (Å²) in [6, 6.07) is 4.18. The topological polar surface area (TPSA) is 54.3 Å². The Kier molecular flexibility index (Phi) is 4.82. The fourth-order valence-corrected chi connectivity index (χ4v) is 5.10. The standard InChI is InChI=1S/C19H22ClN5OS/c1-12-8-14(20)9-16-17(12)22-19(27-16)25-6-4-15(5-7-25)24(3)18(26)13-10-21-23(2)11-13/h8-11,15H,4-7H2,1-3H3. The highest BCUT2D eigenvalue weighted by Gasteiger charge is 2.27. The Hall–Kier alpha value is -2.12. The van der Waals surface area contributed by atoms with Gasteiger partial charge >= 0.3 is 0 Å². The van der Waals surface area contributed by atoms with Gasteiger partial charge in [-0.3, -0.25) is 9.48 Å². The van der Waals surface area contributed by atoms with Crippen molar-refractivity contribution in [3.63, 3.8) is 0 Å². The molecule has 1 aliphatic heterocycles. The summed E-state index contributed by atoms with van der Waals surface area (Å²) in [5.41, 5.74) is 2.78. The molecule has 8 heteroatoms. The first kappa shape index (κ1) is 18.3. The number of thiazole rings is 1. The van der Waals surface area contributed by atoms with Gasteiger partial charge in [-0.25, -0.2) is 4.98 Å². The van der Waals surface area contributed by atoms with E-state index in [1.807, 2.05) is 38.1 Å². The van der Waals surface area contributed by atoms with E-state index >= 15 is 0 Å². The van der Waals surface area contributed by atoms with E-state index in [4.69, 9.17) is 16.6 Å². The molecule has 2 aromatic heterocycles. The van der Waals surface area contributed by atoms with Crippen LogP contribution in [-0.4, -0.2) is 51.8 Å².